The zero-order valence-corrected chi connectivity index (χ0v) is 16.6. The number of nitrogens with zero attached hydrogens (tertiary/aromatic N) is 3. The van der Waals surface area contributed by atoms with E-state index in [-0.39, 0.29) is 23.3 Å². The number of benzene rings is 1. The first-order valence-electron chi connectivity index (χ1n) is 8.18. The molecule has 0 saturated heterocycles. The van der Waals surface area contributed by atoms with Crippen LogP contribution in [0.3, 0.4) is 0 Å². The molecule has 1 aliphatic carbocycles. The third-order valence-electron chi connectivity index (χ3n) is 4.72. The monoisotopic (exact) mass is 460 g/mol. The Hall–Kier alpha value is -1.85. The van der Waals surface area contributed by atoms with Crippen molar-refractivity contribution in [2.24, 2.45) is 15.7 Å². The first-order chi connectivity index (χ1) is 12.7. The summed E-state index contributed by atoms with van der Waals surface area (Å²) >= 11 is 3.12. The summed E-state index contributed by atoms with van der Waals surface area (Å²) in [6.45, 7) is 0. The first kappa shape index (κ1) is 19.9. The fourth-order valence-corrected chi connectivity index (χ4v) is 4.10. The molecule has 0 radical (unpaired) electrons. The molecule has 0 amide bonds. The van der Waals surface area contributed by atoms with Crippen molar-refractivity contribution >= 4 is 31.7 Å². The summed E-state index contributed by atoms with van der Waals surface area (Å²) in [5.41, 5.74) is 1.53. The van der Waals surface area contributed by atoms with Crippen LogP contribution >= 0.6 is 15.9 Å². The zero-order chi connectivity index (χ0) is 19.7. The molecule has 0 spiro atoms. The maximum Gasteiger partial charge on any atom is 0.209 e. The quantitative estimate of drug-likeness (QED) is 0.353. The molecular formula is C16H18BrFN4O4S. The van der Waals surface area contributed by atoms with Crippen molar-refractivity contribution in [2.75, 3.05) is 5.75 Å². The molecule has 2 aromatic rings. The third kappa shape index (κ3) is 5.11. The summed E-state index contributed by atoms with van der Waals surface area (Å²) in [5.74, 6) is -0.492. The molecule has 1 aromatic carbocycles. The van der Waals surface area contributed by atoms with Crippen LogP contribution in [0.5, 0.6) is 0 Å². The normalized spacial score (nSPS) is 16.5. The summed E-state index contributed by atoms with van der Waals surface area (Å²) in [7, 11) is -3.53. The standard InChI is InChI=1S/C16H18BrFN4O4S/c17-11-7-10(1-2-12(11)18)8-13(20-23)15-14(21-26-22-15)9-16(3-4-16)5-6-27(19,24)25/h1-2,7,23H,3-6,8-9H2,(H2,19,24,25)/b20-13+. The summed E-state index contributed by atoms with van der Waals surface area (Å²) in [4.78, 5) is 0. The van der Waals surface area contributed by atoms with E-state index < -0.39 is 15.8 Å². The minimum absolute atomic E-state index is 0.0990. The van der Waals surface area contributed by atoms with Crippen molar-refractivity contribution in [1.82, 2.24) is 10.3 Å². The maximum atomic E-state index is 13.4. The van der Waals surface area contributed by atoms with Crippen LogP contribution in [0, 0.1) is 11.2 Å². The molecule has 1 fully saturated rings. The Morgan fingerprint density at radius 2 is 2.15 bits per heavy atom. The average molecular weight is 461 g/mol. The van der Waals surface area contributed by atoms with E-state index in [0.717, 1.165) is 12.8 Å². The van der Waals surface area contributed by atoms with Crippen molar-refractivity contribution in [2.45, 2.75) is 32.1 Å². The third-order valence-corrected chi connectivity index (χ3v) is 6.10. The topological polar surface area (TPSA) is 132 Å². The van der Waals surface area contributed by atoms with Crippen LogP contribution in [0.2, 0.25) is 0 Å². The van der Waals surface area contributed by atoms with Gasteiger partial charge in [0.25, 0.3) is 0 Å². The lowest BCUT2D eigenvalue weighted by molar-refractivity contribution is 0.298. The minimum Gasteiger partial charge on any atom is -0.411 e. The molecule has 1 aromatic heterocycles. The van der Waals surface area contributed by atoms with E-state index in [2.05, 4.69) is 31.4 Å². The molecule has 146 valence electrons. The lowest BCUT2D eigenvalue weighted by Crippen LogP contribution is -2.21. The lowest BCUT2D eigenvalue weighted by Gasteiger charge is -2.13. The highest BCUT2D eigenvalue weighted by Crippen LogP contribution is 2.51. The highest BCUT2D eigenvalue weighted by Gasteiger charge is 2.44. The van der Waals surface area contributed by atoms with E-state index in [1.807, 2.05) is 0 Å². The summed E-state index contributed by atoms with van der Waals surface area (Å²) in [5, 5.41) is 25.6. The predicted molar refractivity (Wildman–Crippen MR) is 98.4 cm³/mol. The van der Waals surface area contributed by atoms with Gasteiger partial charge in [-0.1, -0.05) is 16.4 Å². The van der Waals surface area contributed by atoms with E-state index in [4.69, 9.17) is 9.77 Å². The minimum atomic E-state index is -3.53. The Balaban J connectivity index is 1.76. The van der Waals surface area contributed by atoms with Gasteiger partial charge in [0.1, 0.15) is 17.2 Å². The van der Waals surface area contributed by atoms with Crippen molar-refractivity contribution in [3.8, 4) is 0 Å². The number of halogens is 2. The Bertz CT molecular complexity index is 973. The van der Waals surface area contributed by atoms with Gasteiger partial charge < -0.3 is 5.21 Å². The maximum absolute atomic E-state index is 13.4. The van der Waals surface area contributed by atoms with Gasteiger partial charge in [0, 0.05) is 12.8 Å². The predicted octanol–water partition coefficient (Wildman–Crippen LogP) is 2.39. The van der Waals surface area contributed by atoms with Gasteiger partial charge in [-0.05, 0) is 63.5 Å². The number of nitrogens with two attached hydrogens (primary N) is 1. The van der Waals surface area contributed by atoms with Crippen molar-refractivity contribution in [1.29, 1.82) is 0 Å². The number of rotatable bonds is 8. The summed E-state index contributed by atoms with van der Waals surface area (Å²) in [6, 6.07) is 4.47. The van der Waals surface area contributed by atoms with Crippen LogP contribution in [-0.4, -0.2) is 35.4 Å². The van der Waals surface area contributed by atoms with E-state index >= 15 is 0 Å². The van der Waals surface area contributed by atoms with E-state index in [9.17, 15) is 18.0 Å². The van der Waals surface area contributed by atoms with Gasteiger partial charge in [0.2, 0.25) is 10.0 Å². The van der Waals surface area contributed by atoms with Crippen LogP contribution in [0.4, 0.5) is 4.39 Å². The molecule has 0 atom stereocenters. The molecule has 1 aliphatic rings. The second-order valence-electron chi connectivity index (χ2n) is 6.83. The van der Waals surface area contributed by atoms with E-state index in [1.165, 1.54) is 6.07 Å². The number of oxime groups is 1. The Morgan fingerprint density at radius 3 is 2.74 bits per heavy atom. The molecule has 1 saturated carbocycles. The Kier molecular flexibility index (Phi) is 5.63. The number of aromatic nitrogens is 2. The lowest BCUT2D eigenvalue weighted by atomic mass is 9.94. The fraction of sp³-hybridized carbons (Fsp3) is 0.438. The van der Waals surface area contributed by atoms with E-state index in [0.29, 0.717) is 34.3 Å². The van der Waals surface area contributed by atoms with Gasteiger partial charge in [0.15, 0.2) is 5.69 Å². The van der Waals surface area contributed by atoms with Crippen LogP contribution < -0.4 is 5.14 Å². The molecular weight excluding hydrogens is 443 g/mol. The molecule has 0 bridgehead atoms. The van der Waals surface area contributed by atoms with Gasteiger partial charge in [-0.15, -0.1) is 0 Å². The Morgan fingerprint density at radius 1 is 1.41 bits per heavy atom. The average Bonchev–Trinajstić information content (AvgIpc) is 3.22. The molecule has 0 aliphatic heterocycles. The zero-order valence-electron chi connectivity index (χ0n) is 14.2. The fourth-order valence-electron chi connectivity index (χ4n) is 2.96. The van der Waals surface area contributed by atoms with Gasteiger partial charge in [-0.2, -0.15) is 0 Å². The first-order valence-corrected chi connectivity index (χ1v) is 10.7. The second-order valence-corrected chi connectivity index (χ2v) is 9.41. The largest absolute Gasteiger partial charge is 0.411 e. The second kappa shape index (κ2) is 7.64. The molecule has 3 N–H and O–H groups in total. The van der Waals surface area contributed by atoms with Crippen LogP contribution in [0.15, 0.2) is 32.5 Å². The van der Waals surface area contributed by atoms with Crippen LogP contribution in [-0.2, 0) is 22.9 Å². The SMILES string of the molecule is NS(=O)(=O)CCC1(Cc2nonc2/C(Cc2ccc(F)c(Br)c2)=N/O)CC1. The highest BCUT2D eigenvalue weighted by molar-refractivity contribution is 9.10. The van der Waals surface area contributed by atoms with Gasteiger partial charge in [-0.3, -0.25) is 0 Å². The smallest absolute Gasteiger partial charge is 0.209 e. The van der Waals surface area contributed by atoms with Crippen LogP contribution in [0.25, 0.3) is 0 Å². The van der Waals surface area contributed by atoms with Gasteiger partial charge in [0.05, 0.1) is 10.2 Å². The molecule has 11 heteroatoms. The number of hydrogen-bond donors (Lipinski definition) is 2. The number of sulfonamides is 1. The van der Waals surface area contributed by atoms with Crippen LogP contribution in [0.1, 0.15) is 36.2 Å². The highest BCUT2D eigenvalue weighted by atomic mass is 79.9. The number of primary sulfonamides is 1. The van der Waals surface area contributed by atoms with Crippen molar-refractivity contribution < 1.29 is 22.6 Å². The van der Waals surface area contributed by atoms with Crippen molar-refractivity contribution in [3.63, 3.8) is 0 Å². The number of hydrogen-bond acceptors (Lipinski definition) is 7. The van der Waals surface area contributed by atoms with Crippen molar-refractivity contribution in [3.05, 3.63) is 45.4 Å². The summed E-state index contributed by atoms with van der Waals surface area (Å²) < 4.78 is 41.0. The molecule has 27 heavy (non-hydrogen) atoms. The van der Waals surface area contributed by atoms with Gasteiger partial charge >= 0.3 is 0 Å². The molecule has 0 unspecified atom stereocenters. The van der Waals surface area contributed by atoms with E-state index in [1.54, 1.807) is 12.1 Å². The molecule has 1 heterocycles. The Labute approximate surface area is 163 Å². The molecule has 8 nitrogen and oxygen atoms in total. The summed E-state index contributed by atoms with van der Waals surface area (Å²) in [6.07, 6.45) is 2.78. The molecule has 3 rings (SSSR count). The van der Waals surface area contributed by atoms with Gasteiger partial charge in [-0.25, -0.2) is 22.6 Å².